The zero-order valence-electron chi connectivity index (χ0n) is 6.23. The molecule has 1 fully saturated rings. The summed E-state index contributed by atoms with van der Waals surface area (Å²) < 4.78 is 0. The first-order valence-electron chi connectivity index (χ1n) is 3.84. The lowest BCUT2D eigenvalue weighted by atomic mass is 9.82. The molecule has 0 bridgehead atoms. The highest BCUT2D eigenvalue weighted by atomic mass is 35.5. The van der Waals surface area contributed by atoms with E-state index in [1.165, 1.54) is 19.3 Å². The van der Waals surface area contributed by atoms with E-state index in [2.05, 4.69) is 13.8 Å². The third-order valence-corrected chi connectivity index (χ3v) is 2.93. The van der Waals surface area contributed by atoms with Crippen LogP contribution in [0.1, 0.15) is 33.1 Å². The lowest BCUT2D eigenvalue weighted by Crippen LogP contribution is -2.20. The molecule has 0 heterocycles. The van der Waals surface area contributed by atoms with Gasteiger partial charge in [0.1, 0.15) is 0 Å². The fourth-order valence-electron chi connectivity index (χ4n) is 1.48. The van der Waals surface area contributed by atoms with Crippen LogP contribution in [0, 0.1) is 11.8 Å². The maximum Gasteiger partial charge on any atom is 0.0338 e. The molecule has 9 heavy (non-hydrogen) atoms. The van der Waals surface area contributed by atoms with E-state index < -0.39 is 0 Å². The van der Waals surface area contributed by atoms with Crippen molar-refractivity contribution >= 4 is 11.6 Å². The van der Waals surface area contributed by atoms with Gasteiger partial charge < -0.3 is 0 Å². The van der Waals surface area contributed by atoms with Crippen molar-refractivity contribution in [1.82, 2.24) is 0 Å². The highest BCUT2D eigenvalue weighted by molar-refractivity contribution is 6.20. The first-order valence-corrected chi connectivity index (χ1v) is 4.28. The van der Waals surface area contributed by atoms with Gasteiger partial charge in [-0.15, -0.1) is 11.6 Å². The molecule has 0 aromatic carbocycles. The summed E-state index contributed by atoms with van der Waals surface area (Å²) in [6, 6.07) is 0. The van der Waals surface area contributed by atoms with E-state index in [-0.39, 0.29) is 0 Å². The van der Waals surface area contributed by atoms with Crippen molar-refractivity contribution in [3.05, 3.63) is 0 Å². The van der Waals surface area contributed by atoms with Gasteiger partial charge in [0.15, 0.2) is 0 Å². The van der Waals surface area contributed by atoms with Gasteiger partial charge in [0.05, 0.1) is 0 Å². The monoisotopic (exact) mass is 146 g/mol. The average molecular weight is 147 g/mol. The minimum Gasteiger partial charge on any atom is -0.123 e. The molecule has 3 atom stereocenters. The molecule has 1 saturated carbocycles. The zero-order chi connectivity index (χ0) is 6.85. The Labute approximate surface area is 62.6 Å². The summed E-state index contributed by atoms with van der Waals surface area (Å²) in [6.07, 6.45) is 3.78. The van der Waals surface area contributed by atoms with E-state index in [4.69, 9.17) is 11.6 Å². The molecule has 0 spiro atoms. The Hall–Kier alpha value is 0.290. The van der Waals surface area contributed by atoms with Crippen molar-refractivity contribution in [2.45, 2.75) is 38.5 Å². The molecule has 1 heteroatoms. The fourth-order valence-corrected chi connectivity index (χ4v) is 1.89. The van der Waals surface area contributed by atoms with Crippen LogP contribution >= 0.6 is 11.6 Å². The average Bonchev–Trinajstić information content (AvgIpc) is 1.80. The van der Waals surface area contributed by atoms with Crippen molar-refractivity contribution in [2.24, 2.45) is 11.8 Å². The SMILES string of the molecule is CC1CCC(Cl)CC1C. The van der Waals surface area contributed by atoms with Crippen molar-refractivity contribution in [3.8, 4) is 0 Å². The molecule has 1 rings (SSSR count). The van der Waals surface area contributed by atoms with Gasteiger partial charge in [-0.1, -0.05) is 13.8 Å². The van der Waals surface area contributed by atoms with E-state index >= 15 is 0 Å². The van der Waals surface area contributed by atoms with Crippen molar-refractivity contribution in [3.63, 3.8) is 0 Å². The Morgan fingerprint density at radius 3 is 2.22 bits per heavy atom. The first-order chi connectivity index (χ1) is 4.20. The van der Waals surface area contributed by atoms with Crippen LogP contribution in [0.15, 0.2) is 0 Å². The topological polar surface area (TPSA) is 0 Å². The lowest BCUT2D eigenvalue weighted by molar-refractivity contribution is 0.281. The summed E-state index contributed by atoms with van der Waals surface area (Å²) in [5, 5.41) is 0.469. The van der Waals surface area contributed by atoms with Crippen molar-refractivity contribution in [1.29, 1.82) is 0 Å². The van der Waals surface area contributed by atoms with Crippen LogP contribution in [-0.4, -0.2) is 5.38 Å². The normalized spacial score (nSPS) is 45.0. The third kappa shape index (κ3) is 1.86. The van der Waals surface area contributed by atoms with Gasteiger partial charge in [-0.25, -0.2) is 0 Å². The van der Waals surface area contributed by atoms with Crippen molar-refractivity contribution < 1.29 is 0 Å². The molecular formula is C8H15Cl. The van der Waals surface area contributed by atoms with E-state index in [1.807, 2.05) is 0 Å². The van der Waals surface area contributed by atoms with E-state index in [0.29, 0.717) is 5.38 Å². The number of alkyl halides is 1. The van der Waals surface area contributed by atoms with Crippen LogP contribution in [-0.2, 0) is 0 Å². The largest absolute Gasteiger partial charge is 0.123 e. The van der Waals surface area contributed by atoms with Gasteiger partial charge in [0.2, 0.25) is 0 Å². The third-order valence-electron chi connectivity index (χ3n) is 2.53. The van der Waals surface area contributed by atoms with Crippen LogP contribution in [0.25, 0.3) is 0 Å². The molecule has 0 N–H and O–H groups in total. The molecule has 0 radical (unpaired) electrons. The summed E-state index contributed by atoms with van der Waals surface area (Å²) in [5.41, 5.74) is 0. The van der Waals surface area contributed by atoms with Gasteiger partial charge in [-0.2, -0.15) is 0 Å². The Morgan fingerprint density at radius 2 is 1.78 bits per heavy atom. The Kier molecular flexibility index (Phi) is 2.40. The minimum absolute atomic E-state index is 0.469. The summed E-state index contributed by atoms with van der Waals surface area (Å²) in [6.45, 7) is 4.63. The summed E-state index contributed by atoms with van der Waals surface area (Å²) in [4.78, 5) is 0. The standard InChI is InChI=1S/C8H15Cl/c1-6-3-4-8(9)5-7(6)2/h6-8H,3-5H2,1-2H3. The summed E-state index contributed by atoms with van der Waals surface area (Å²) in [7, 11) is 0. The fraction of sp³-hybridized carbons (Fsp3) is 1.00. The van der Waals surface area contributed by atoms with E-state index in [9.17, 15) is 0 Å². The molecule has 0 aromatic heterocycles. The maximum atomic E-state index is 5.98. The van der Waals surface area contributed by atoms with Crippen LogP contribution in [0.3, 0.4) is 0 Å². The van der Waals surface area contributed by atoms with Gasteiger partial charge in [-0.3, -0.25) is 0 Å². The van der Waals surface area contributed by atoms with E-state index in [1.54, 1.807) is 0 Å². The summed E-state index contributed by atoms with van der Waals surface area (Å²) in [5.74, 6) is 1.75. The Balaban J connectivity index is 2.35. The molecule has 0 nitrogen and oxygen atoms in total. The molecule has 54 valence electrons. The maximum absolute atomic E-state index is 5.98. The highest BCUT2D eigenvalue weighted by Crippen LogP contribution is 2.31. The Morgan fingerprint density at radius 1 is 1.11 bits per heavy atom. The molecule has 3 unspecified atom stereocenters. The second-order valence-electron chi connectivity index (χ2n) is 3.36. The second kappa shape index (κ2) is 2.92. The summed E-state index contributed by atoms with van der Waals surface area (Å²) >= 11 is 5.98. The zero-order valence-corrected chi connectivity index (χ0v) is 6.99. The predicted octanol–water partition coefficient (Wildman–Crippen LogP) is 3.05. The molecule has 0 aliphatic heterocycles. The second-order valence-corrected chi connectivity index (χ2v) is 3.98. The van der Waals surface area contributed by atoms with Crippen molar-refractivity contribution in [2.75, 3.05) is 0 Å². The molecule has 0 amide bonds. The quantitative estimate of drug-likeness (QED) is 0.461. The molecule has 1 aliphatic carbocycles. The van der Waals surface area contributed by atoms with Gasteiger partial charge in [0, 0.05) is 5.38 Å². The first kappa shape index (κ1) is 7.40. The number of hydrogen-bond donors (Lipinski definition) is 0. The Bertz CT molecular complexity index is 90.6. The predicted molar refractivity (Wildman–Crippen MR) is 41.8 cm³/mol. The molecule has 0 aromatic rings. The lowest BCUT2D eigenvalue weighted by Gasteiger charge is -2.28. The van der Waals surface area contributed by atoms with Gasteiger partial charge >= 0.3 is 0 Å². The number of hydrogen-bond acceptors (Lipinski definition) is 0. The van der Waals surface area contributed by atoms with Crippen LogP contribution < -0.4 is 0 Å². The number of halogens is 1. The highest BCUT2D eigenvalue weighted by Gasteiger charge is 2.22. The smallest absolute Gasteiger partial charge is 0.0338 e. The molecule has 0 saturated heterocycles. The van der Waals surface area contributed by atoms with E-state index in [0.717, 1.165) is 11.8 Å². The molecular weight excluding hydrogens is 132 g/mol. The minimum atomic E-state index is 0.469. The number of rotatable bonds is 0. The van der Waals surface area contributed by atoms with Crippen LogP contribution in [0.4, 0.5) is 0 Å². The van der Waals surface area contributed by atoms with Crippen LogP contribution in [0.2, 0.25) is 0 Å². The molecule has 1 aliphatic rings. The van der Waals surface area contributed by atoms with Gasteiger partial charge in [-0.05, 0) is 31.1 Å². The van der Waals surface area contributed by atoms with Gasteiger partial charge in [0.25, 0.3) is 0 Å². The van der Waals surface area contributed by atoms with Crippen LogP contribution in [0.5, 0.6) is 0 Å².